The number of hydrogen-bond donors (Lipinski definition) is 2. The molecule has 0 bridgehead atoms. The summed E-state index contributed by atoms with van der Waals surface area (Å²) >= 11 is 0. The van der Waals surface area contributed by atoms with Gasteiger partial charge < -0.3 is 10.4 Å². The van der Waals surface area contributed by atoms with E-state index in [4.69, 9.17) is 0 Å². The zero-order valence-electron chi connectivity index (χ0n) is 14.3. The highest BCUT2D eigenvalue weighted by molar-refractivity contribution is 7.91. The van der Waals surface area contributed by atoms with Gasteiger partial charge in [0, 0.05) is 18.3 Å². The molecule has 1 aromatic carbocycles. The Kier molecular flexibility index (Phi) is 6.59. The molecule has 5 heteroatoms. The van der Waals surface area contributed by atoms with Gasteiger partial charge in [-0.1, -0.05) is 52.0 Å². The minimum absolute atomic E-state index is 0.0881. The molecule has 0 aromatic heterocycles. The van der Waals surface area contributed by atoms with Gasteiger partial charge in [0.05, 0.1) is 11.9 Å². The summed E-state index contributed by atoms with van der Waals surface area (Å²) in [5.74, 6) is 0.245. The third kappa shape index (κ3) is 6.07. The molecule has 0 saturated heterocycles. The first kappa shape index (κ1) is 19.1. The lowest BCUT2D eigenvalue weighted by Gasteiger charge is -2.21. The van der Waals surface area contributed by atoms with Crippen molar-refractivity contribution in [3.63, 3.8) is 0 Å². The Labute approximate surface area is 134 Å². The maximum absolute atomic E-state index is 11.6. The molecular formula is C17H29NO3S. The van der Waals surface area contributed by atoms with Crippen LogP contribution in [0.15, 0.2) is 24.3 Å². The Morgan fingerprint density at radius 3 is 2.18 bits per heavy atom. The monoisotopic (exact) mass is 327 g/mol. The van der Waals surface area contributed by atoms with Crippen LogP contribution in [0.2, 0.25) is 0 Å². The van der Waals surface area contributed by atoms with E-state index >= 15 is 0 Å². The lowest BCUT2D eigenvalue weighted by atomic mass is 9.86. The van der Waals surface area contributed by atoms with Gasteiger partial charge in [-0.05, 0) is 23.5 Å². The van der Waals surface area contributed by atoms with Crippen LogP contribution in [0, 0.1) is 0 Å². The Morgan fingerprint density at radius 1 is 1.18 bits per heavy atom. The summed E-state index contributed by atoms with van der Waals surface area (Å²) in [6, 6.07) is 7.75. The van der Waals surface area contributed by atoms with E-state index in [0.29, 0.717) is 6.54 Å². The number of aliphatic hydroxyl groups is 1. The second-order valence-corrected chi connectivity index (χ2v) is 9.29. The Hall–Kier alpha value is -0.910. The first-order chi connectivity index (χ1) is 10.0. The lowest BCUT2D eigenvalue weighted by molar-refractivity contribution is 0.171. The van der Waals surface area contributed by atoms with Crippen molar-refractivity contribution < 1.29 is 13.5 Å². The van der Waals surface area contributed by atoms with E-state index in [2.05, 4.69) is 26.1 Å². The molecular weight excluding hydrogens is 298 g/mol. The van der Waals surface area contributed by atoms with Crippen LogP contribution in [0.4, 0.5) is 0 Å². The van der Waals surface area contributed by atoms with Gasteiger partial charge in [0.1, 0.15) is 0 Å². The summed E-state index contributed by atoms with van der Waals surface area (Å²) in [6.45, 7) is 10.3. The van der Waals surface area contributed by atoms with Crippen LogP contribution in [0.25, 0.3) is 0 Å². The summed E-state index contributed by atoms with van der Waals surface area (Å²) < 4.78 is 23.1. The molecule has 126 valence electrons. The maximum atomic E-state index is 11.6. The quantitative estimate of drug-likeness (QED) is 0.807. The van der Waals surface area contributed by atoms with Crippen molar-refractivity contribution in [1.29, 1.82) is 0 Å². The van der Waals surface area contributed by atoms with Gasteiger partial charge in [0.2, 0.25) is 0 Å². The summed E-state index contributed by atoms with van der Waals surface area (Å²) in [6.07, 6.45) is -0.638. The molecule has 1 aromatic rings. The smallest absolute Gasteiger partial charge is 0.151 e. The van der Waals surface area contributed by atoms with E-state index in [-0.39, 0.29) is 23.0 Å². The Morgan fingerprint density at radius 2 is 1.73 bits per heavy atom. The van der Waals surface area contributed by atoms with Gasteiger partial charge in [-0.2, -0.15) is 0 Å². The average molecular weight is 327 g/mol. The first-order valence-corrected chi connectivity index (χ1v) is 9.59. The first-order valence-electron chi connectivity index (χ1n) is 7.77. The highest BCUT2D eigenvalue weighted by Crippen LogP contribution is 2.23. The van der Waals surface area contributed by atoms with Gasteiger partial charge in [-0.25, -0.2) is 8.42 Å². The molecule has 4 nitrogen and oxygen atoms in total. The van der Waals surface area contributed by atoms with Crippen molar-refractivity contribution in [3.05, 3.63) is 35.4 Å². The number of benzene rings is 1. The fourth-order valence-electron chi connectivity index (χ4n) is 2.19. The molecule has 0 radical (unpaired) electrons. The van der Waals surface area contributed by atoms with Gasteiger partial charge >= 0.3 is 0 Å². The van der Waals surface area contributed by atoms with Crippen molar-refractivity contribution in [2.75, 3.05) is 18.1 Å². The number of sulfone groups is 1. The molecule has 0 spiro atoms. The highest BCUT2D eigenvalue weighted by Gasteiger charge is 2.17. The number of nitrogens with one attached hydrogen (secondary N) is 1. The van der Waals surface area contributed by atoms with Gasteiger partial charge in [0.25, 0.3) is 0 Å². The summed E-state index contributed by atoms with van der Waals surface area (Å²) in [5.41, 5.74) is 2.15. The van der Waals surface area contributed by atoms with Gasteiger partial charge in [0.15, 0.2) is 9.84 Å². The van der Waals surface area contributed by atoms with Crippen LogP contribution in [-0.4, -0.2) is 37.6 Å². The molecule has 0 aliphatic carbocycles. The minimum Gasteiger partial charge on any atom is -0.387 e. The van der Waals surface area contributed by atoms with Crippen LogP contribution < -0.4 is 5.32 Å². The second kappa shape index (κ2) is 7.57. The van der Waals surface area contributed by atoms with Crippen LogP contribution in [0.1, 0.15) is 51.8 Å². The molecule has 22 heavy (non-hydrogen) atoms. The molecule has 0 aliphatic heterocycles. The number of hydrogen-bond acceptors (Lipinski definition) is 4. The van der Waals surface area contributed by atoms with E-state index in [1.54, 1.807) is 6.92 Å². The van der Waals surface area contributed by atoms with Gasteiger partial charge in [-0.3, -0.25) is 0 Å². The third-order valence-electron chi connectivity index (χ3n) is 3.76. The lowest BCUT2D eigenvalue weighted by Crippen LogP contribution is -2.36. The van der Waals surface area contributed by atoms with E-state index in [1.165, 1.54) is 5.56 Å². The predicted octanol–water partition coefficient (Wildman–Crippen LogP) is 2.43. The van der Waals surface area contributed by atoms with Crippen molar-refractivity contribution in [1.82, 2.24) is 5.32 Å². The Bertz CT molecular complexity index is 559. The number of aliphatic hydroxyl groups excluding tert-OH is 1. The molecule has 0 fully saturated rings. The zero-order valence-corrected chi connectivity index (χ0v) is 15.1. The largest absolute Gasteiger partial charge is 0.387 e. The second-order valence-electron chi connectivity index (χ2n) is 6.90. The molecule has 2 unspecified atom stereocenters. The SMILES string of the molecule is CCS(=O)(=O)CC(C)NCC(O)c1ccc(C(C)(C)C)cc1. The van der Waals surface area contributed by atoms with Crippen molar-refractivity contribution >= 4 is 9.84 Å². The normalized spacial score (nSPS) is 15.5. The highest BCUT2D eigenvalue weighted by atomic mass is 32.2. The Balaban J connectivity index is 2.57. The summed E-state index contributed by atoms with van der Waals surface area (Å²) in [4.78, 5) is 0. The van der Waals surface area contributed by atoms with E-state index in [1.807, 2.05) is 31.2 Å². The molecule has 2 atom stereocenters. The fourth-order valence-corrected chi connectivity index (χ4v) is 3.31. The van der Waals surface area contributed by atoms with Crippen LogP contribution in [0.5, 0.6) is 0 Å². The standard InChI is InChI=1S/C17H29NO3S/c1-6-22(20,21)12-13(2)18-11-16(19)14-7-9-15(10-8-14)17(3,4)5/h7-10,13,16,18-19H,6,11-12H2,1-5H3. The molecule has 0 amide bonds. The molecule has 0 saturated carbocycles. The molecule has 0 aliphatic rings. The van der Waals surface area contributed by atoms with Gasteiger partial charge in [-0.15, -0.1) is 0 Å². The van der Waals surface area contributed by atoms with Crippen molar-refractivity contribution in [2.24, 2.45) is 0 Å². The topological polar surface area (TPSA) is 66.4 Å². The zero-order chi connectivity index (χ0) is 17.0. The summed E-state index contributed by atoms with van der Waals surface area (Å²) in [7, 11) is -3.00. The molecule has 0 heterocycles. The predicted molar refractivity (Wildman–Crippen MR) is 91.9 cm³/mol. The van der Waals surface area contributed by atoms with E-state index < -0.39 is 15.9 Å². The third-order valence-corrected chi connectivity index (χ3v) is 5.65. The van der Waals surface area contributed by atoms with E-state index in [9.17, 15) is 13.5 Å². The van der Waals surface area contributed by atoms with Crippen LogP contribution in [-0.2, 0) is 15.3 Å². The van der Waals surface area contributed by atoms with Crippen molar-refractivity contribution in [2.45, 2.75) is 52.2 Å². The molecule has 2 N–H and O–H groups in total. The van der Waals surface area contributed by atoms with Crippen LogP contribution in [0.3, 0.4) is 0 Å². The number of rotatable bonds is 7. The average Bonchev–Trinajstić information content (AvgIpc) is 2.43. The van der Waals surface area contributed by atoms with Crippen molar-refractivity contribution in [3.8, 4) is 0 Å². The maximum Gasteiger partial charge on any atom is 0.151 e. The van der Waals surface area contributed by atoms with Crippen LogP contribution >= 0.6 is 0 Å². The fraction of sp³-hybridized carbons (Fsp3) is 0.647. The minimum atomic E-state index is -3.00. The summed E-state index contributed by atoms with van der Waals surface area (Å²) in [5, 5.41) is 13.3. The molecule has 1 rings (SSSR count). The van der Waals surface area contributed by atoms with E-state index in [0.717, 1.165) is 5.56 Å².